The summed E-state index contributed by atoms with van der Waals surface area (Å²) in [5.41, 5.74) is 2.18. The van der Waals surface area contributed by atoms with Crippen LogP contribution in [0.3, 0.4) is 0 Å². The van der Waals surface area contributed by atoms with Gasteiger partial charge >= 0.3 is 0 Å². The molecule has 1 aliphatic heterocycles. The van der Waals surface area contributed by atoms with Crippen molar-refractivity contribution in [1.82, 2.24) is 5.32 Å². The molecule has 0 saturated heterocycles. The molecule has 0 saturated carbocycles. The topological polar surface area (TPSA) is 24.1 Å². The van der Waals surface area contributed by atoms with Gasteiger partial charge in [0.1, 0.15) is 5.82 Å². The maximum atomic E-state index is 13.0. The third kappa shape index (κ3) is 2.73. The van der Waals surface area contributed by atoms with Gasteiger partial charge in [-0.3, -0.25) is 0 Å². The number of anilines is 1. The van der Waals surface area contributed by atoms with E-state index in [0.717, 1.165) is 25.2 Å². The summed E-state index contributed by atoms with van der Waals surface area (Å²) < 4.78 is 13.0. The lowest BCUT2D eigenvalue weighted by Gasteiger charge is -2.27. The Balaban J connectivity index is 1.98. The van der Waals surface area contributed by atoms with Crippen molar-refractivity contribution >= 4 is 5.69 Å². The van der Waals surface area contributed by atoms with E-state index in [1.54, 1.807) is 12.1 Å². The minimum atomic E-state index is -0.162. The van der Waals surface area contributed by atoms with E-state index < -0.39 is 0 Å². The van der Waals surface area contributed by atoms with Crippen LogP contribution < -0.4 is 10.6 Å². The molecule has 0 spiro atoms. The molecule has 0 amide bonds. The molecule has 1 atom stereocenters. The van der Waals surface area contributed by atoms with Crippen LogP contribution in [0.25, 0.3) is 0 Å². The van der Waals surface area contributed by atoms with Crippen LogP contribution >= 0.6 is 0 Å². The molecule has 0 aliphatic carbocycles. The van der Waals surface area contributed by atoms with Crippen molar-refractivity contribution < 1.29 is 4.39 Å². The summed E-state index contributed by atoms with van der Waals surface area (Å²) in [6, 6.07) is 5.54. The zero-order chi connectivity index (χ0) is 11.5. The number of nitrogens with one attached hydrogen (secondary N) is 2. The Morgan fingerprint density at radius 3 is 3.06 bits per heavy atom. The van der Waals surface area contributed by atoms with Crippen LogP contribution in [-0.4, -0.2) is 19.1 Å². The smallest absolute Gasteiger partial charge is 0.125 e. The van der Waals surface area contributed by atoms with Gasteiger partial charge in [0.05, 0.1) is 0 Å². The first kappa shape index (κ1) is 11.4. The molecule has 2 N–H and O–H groups in total. The predicted octanol–water partition coefficient (Wildman–Crippen LogP) is 2.41. The Hall–Kier alpha value is -1.09. The van der Waals surface area contributed by atoms with E-state index in [0.29, 0.717) is 12.0 Å². The number of benzene rings is 1. The highest BCUT2D eigenvalue weighted by molar-refractivity contribution is 5.53. The molecular formula is C13H19FN2. The van der Waals surface area contributed by atoms with Gasteiger partial charge in [0, 0.05) is 24.8 Å². The molecule has 3 heteroatoms. The minimum absolute atomic E-state index is 0.162. The standard InChI is InChI=1S/C13H19FN2/c1-9(2)15-7-10-5-11-3-4-12(14)6-13(11)16-8-10/h3-4,6,9-10,15-16H,5,7-8H2,1-2H3. The van der Waals surface area contributed by atoms with Gasteiger partial charge in [0.2, 0.25) is 0 Å². The van der Waals surface area contributed by atoms with E-state index in [1.165, 1.54) is 5.56 Å². The zero-order valence-corrected chi connectivity index (χ0v) is 9.89. The number of rotatable bonds is 3. The average Bonchev–Trinajstić information content (AvgIpc) is 2.26. The summed E-state index contributed by atoms with van der Waals surface area (Å²) in [5, 5.41) is 6.74. The fourth-order valence-corrected chi connectivity index (χ4v) is 2.08. The third-order valence-corrected chi connectivity index (χ3v) is 2.98. The number of hydrogen-bond donors (Lipinski definition) is 2. The first-order valence-electron chi connectivity index (χ1n) is 5.91. The van der Waals surface area contributed by atoms with Crippen LogP contribution in [0.1, 0.15) is 19.4 Å². The second-order valence-corrected chi connectivity index (χ2v) is 4.82. The Morgan fingerprint density at radius 2 is 2.31 bits per heavy atom. The summed E-state index contributed by atoms with van der Waals surface area (Å²) >= 11 is 0. The Labute approximate surface area is 96.2 Å². The van der Waals surface area contributed by atoms with Crippen LogP contribution in [0.5, 0.6) is 0 Å². The highest BCUT2D eigenvalue weighted by atomic mass is 19.1. The minimum Gasteiger partial charge on any atom is -0.384 e. The van der Waals surface area contributed by atoms with Gasteiger partial charge in [-0.25, -0.2) is 4.39 Å². The highest BCUT2D eigenvalue weighted by Crippen LogP contribution is 2.25. The van der Waals surface area contributed by atoms with Gasteiger partial charge < -0.3 is 10.6 Å². The third-order valence-electron chi connectivity index (χ3n) is 2.98. The normalized spacial score (nSPS) is 19.4. The van der Waals surface area contributed by atoms with Crippen LogP contribution in [-0.2, 0) is 6.42 Å². The quantitative estimate of drug-likeness (QED) is 0.820. The van der Waals surface area contributed by atoms with Crippen molar-refractivity contribution in [1.29, 1.82) is 0 Å². The molecule has 1 unspecified atom stereocenters. The van der Waals surface area contributed by atoms with E-state index in [9.17, 15) is 4.39 Å². The van der Waals surface area contributed by atoms with Crippen LogP contribution in [0.15, 0.2) is 18.2 Å². The molecule has 1 aliphatic rings. The largest absolute Gasteiger partial charge is 0.384 e. The van der Waals surface area contributed by atoms with Crippen molar-refractivity contribution in [2.45, 2.75) is 26.3 Å². The summed E-state index contributed by atoms with van der Waals surface area (Å²) in [5.74, 6) is 0.436. The molecule has 1 aromatic carbocycles. The molecule has 2 rings (SSSR count). The summed E-state index contributed by atoms with van der Waals surface area (Å²) in [6.07, 6.45) is 1.03. The van der Waals surface area contributed by atoms with Crippen molar-refractivity contribution in [2.75, 3.05) is 18.4 Å². The maximum absolute atomic E-state index is 13.0. The number of hydrogen-bond acceptors (Lipinski definition) is 2. The lowest BCUT2D eigenvalue weighted by Crippen LogP contribution is -2.35. The first-order chi connectivity index (χ1) is 7.65. The van der Waals surface area contributed by atoms with Gasteiger partial charge in [-0.05, 0) is 30.0 Å². The van der Waals surface area contributed by atoms with Crippen LogP contribution in [0, 0.1) is 11.7 Å². The SMILES string of the molecule is CC(C)NCC1CNc2cc(F)ccc2C1. The summed E-state index contributed by atoms with van der Waals surface area (Å²) in [4.78, 5) is 0. The van der Waals surface area contributed by atoms with E-state index in [1.807, 2.05) is 6.07 Å². The number of fused-ring (bicyclic) bond motifs is 1. The zero-order valence-electron chi connectivity index (χ0n) is 9.89. The lowest BCUT2D eigenvalue weighted by molar-refractivity contribution is 0.455. The van der Waals surface area contributed by atoms with E-state index in [2.05, 4.69) is 24.5 Å². The molecule has 0 fully saturated rings. The fraction of sp³-hybridized carbons (Fsp3) is 0.538. The molecular weight excluding hydrogens is 203 g/mol. The van der Waals surface area contributed by atoms with Gasteiger partial charge in [-0.15, -0.1) is 0 Å². The Bertz CT molecular complexity index is 363. The molecule has 2 nitrogen and oxygen atoms in total. The molecule has 16 heavy (non-hydrogen) atoms. The van der Waals surface area contributed by atoms with Crippen molar-refractivity contribution in [2.24, 2.45) is 5.92 Å². The Morgan fingerprint density at radius 1 is 1.50 bits per heavy atom. The van der Waals surface area contributed by atoms with Gasteiger partial charge in [-0.1, -0.05) is 19.9 Å². The van der Waals surface area contributed by atoms with Crippen LogP contribution in [0.4, 0.5) is 10.1 Å². The summed E-state index contributed by atoms with van der Waals surface area (Å²) in [6.45, 7) is 6.25. The first-order valence-corrected chi connectivity index (χ1v) is 5.91. The predicted molar refractivity (Wildman–Crippen MR) is 65.2 cm³/mol. The second kappa shape index (κ2) is 4.83. The Kier molecular flexibility index (Phi) is 3.44. The highest BCUT2D eigenvalue weighted by Gasteiger charge is 2.18. The molecule has 0 bridgehead atoms. The molecule has 0 aromatic heterocycles. The fourth-order valence-electron chi connectivity index (χ4n) is 2.08. The molecule has 1 heterocycles. The molecule has 0 radical (unpaired) electrons. The van der Waals surface area contributed by atoms with Crippen LogP contribution in [0.2, 0.25) is 0 Å². The van der Waals surface area contributed by atoms with E-state index in [4.69, 9.17) is 0 Å². The van der Waals surface area contributed by atoms with Gasteiger partial charge in [-0.2, -0.15) is 0 Å². The average molecular weight is 222 g/mol. The molecule has 1 aromatic rings. The van der Waals surface area contributed by atoms with Crippen molar-refractivity contribution in [3.8, 4) is 0 Å². The molecule has 88 valence electrons. The van der Waals surface area contributed by atoms with Crippen molar-refractivity contribution in [3.05, 3.63) is 29.6 Å². The monoisotopic (exact) mass is 222 g/mol. The lowest BCUT2D eigenvalue weighted by atomic mass is 9.94. The van der Waals surface area contributed by atoms with E-state index >= 15 is 0 Å². The van der Waals surface area contributed by atoms with Gasteiger partial charge in [0.25, 0.3) is 0 Å². The van der Waals surface area contributed by atoms with Gasteiger partial charge in [0.15, 0.2) is 0 Å². The second-order valence-electron chi connectivity index (χ2n) is 4.82. The van der Waals surface area contributed by atoms with E-state index in [-0.39, 0.29) is 5.82 Å². The summed E-state index contributed by atoms with van der Waals surface area (Å²) in [7, 11) is 0. The van der Waals surface area contributed by atoms with Crippen molar-refractivity contribution in [3.63, 3.8) is 0 Å². The maximum Gasteiger partial charge on any atom is 0.125 e. The number of halogens is 1.